The lowest BCUT2D eigenvalue weighted by Gasteiger charge is -2.20. The number of hydrogen-bond acceptors (Lipinski definition) is 8. The number of rotatable bonds is 6. The van der Waals surface area contributed by atoms with E-state index in [1.54, 1.807) is 24.4 Å². The highest BCUT2D eigenvalue weighted by Gasteiger charge is 2.31. The van der Waals surface area contributed by atoms with E-state index >= 15 is 0 Å². The number of nitrogens with zero attached hydrogens (tertiary/aromatic N) is 1. The highest BCUT2D eigenvalue weighted by Crippen LogP contribution is 2.53. The number of fused-ring (bicyclic) bond motifs is 1. The molecular weight excluding hydrogens is 400 g/mol. The topological polar surface area (TPSA) is 123 Å². The summed E-state index contributed by atoms with van der Waals surface area (Å²) in [5.74, 6) is -1.07. The second-order valence-electron chi connectivity index (χ2n) is 5.75. The molecule has 152 valence electrons. The van der Waals surface area contributed by atoms with E-state index in [0.717, 1.165) is 0 Å². The predicted octanol–water partition coefficient (Wildman–Crippen LogP) is 2.60. The Labute approximate surface area is 169 Å². The van der Waals surface area contributed by atoms with Gasteiger partial charge in [-0.25, -0.2) is 0 Å². The van der Waals surface area contributed by atoms with Crippen LogP contribution in [0.3, 0.4) is 0 Å². The Morgan fingerprint density at radius 1 is 1.00 bits per heavy atom. The van der Waals surface area contributed by atoms with Crippen molar-refractivity contribution in [2.75, 3.05) is 14.2 Å². The van der Waals surface area contributed by atoms with Gasteiger partial charge in [0, 0.05) is 31.6 Å². The van der Waals surface area contributed by atoms with Crippen LogP contribution in [0, 0.1) is 0 Å². The molecule has 1 unspecified atom stereocenters. The largest absolute Gasteiger partial charge is 0.604 e. The molecule has 3 rings (SSSR count). The molecule has 1 heterocycles. The molecule has 10 heteroatoms. The van der Waals surface area contributed by atoms with Crippen molar-refractivity contribution in [1.82, 2.24) is 9.97 Å². The number of imidazole rings is 1. The van der Waals surface area contributed by atoms with Crippen molar-refractivity contribution >= 4 is 33.9 Å². The Bertz CT molecular complexity index is 1070. The van der Waals surface area contributed by atoms with Gasteiger partial charge < -0.3 is 28.5 Å². The van der Waals surface area contributed by atoms with Gasteiger partial charge in [0.25, 0.3) is 0 Å². The maximum Gasteiger partial charge on any atom is 0.326 e. The first-order valence-electron chi connectivity index (χ1n) is 8.37. The Balaban J connectivity index is 2.45. The molecule has 0 radical (unpaired) electrons. The smallest absolute Gasteiger partial charge is 0.326 e. The maximum absolute atomic E-state index is 13.1. The summed E-state index contributed by atoms with van der Waals surface area (Å²) in [7, 11) is 2.71. The standard InChI is InChI=1S/C19H18N2O7S/c1-10(22)27-15-12-6-5-7-13(29(24)19-20-8-9-21-19)14(12)16(28-11(2)23)18(26-4)17(15)25-3/h5-9H,1-4H3,(H,20,21). The molecule has 1 aromatic heterocycles. The monoisotopic (exact) mass is 418 g/mol. The summed E-state index contributed by atoms with van der Waals surface area (Å²) >= 11 is -1.75. The molecule has 1 N–H and O–H groups in total. The predicted molar refractivity (Wildman–Crippen MR) is 103 cm³/mol. The van der Waals surface area contributed by atoms with Crippen molar-refractivity contribution in [2.24, 2.45) is 0 Å². The average Bonchev–Trinajstić information content (AvgIpc) is 3.22. The van der Waals surface area contributed by atoms with Crippen LogP contribution >= 0.6 is 0 Å². The van der Waals surface area contributed by atoms with Crippen LogP contribution in [0.2, 0.25) is 0 Å². The number of esters is 2. The third-order valence-electron chi connectivity index (χ3n) is 3.86. The van der Waals surface area contributed by atoms with Crippen LogP contribution in [-0.4, -0.2) is 40.7 Å². The van der Waals surface area contributed by atoms with E-state index in [0.29, 0.717) is 5.39 Å². The third-order valence-corrected chi connectivity index (χ3v) is 5.18. The Morgan fingerprint density at radius 2 is 1.62 bits per heavy atom. The van der Waals surface area contributed by atoms with Crippen molar-refractivity contribution in [3.63, 3.8) is 0 Å². The lowest BCUT2D eigenvalue weighted by atomic mass is 10.1. The number of carbonyl (C=O) groups is 2. The van der Waals surface area contributed by atoms with E-state index in [1.807, 2.05) is 0 Å². The number of nitrogens with one attached hydrogen (secondary N) is 1. The van der Waals surface area contributed by atoms with E-state index in [-0.39, 0.29) is 38.4 Å². The molecule has 0 aliphatic rings. The van der Waals surface area contributed by atoms with Gasteiger partial charge in [0.15, 0.2) is 16.4 Å². The number of aromatic amines is 1. The van der Waals surface area contributed by atoms with Crippen LogP contribution in [0.4, 0.5) is 0 Å². The molecule has 1 atom stereocenters. The minimum Gasteiger partial charge on any atom is -0.604 e. The highest BCUT2D eigenvalue weighted by molar-refractivity contribution is 7.91. The summed E-state index contributed by atoms with van der Waals surface area (Å²) in [6.45, 7) is 2.46. The van der Waals surface area contributed by atoms with E-state index in [1.165, 1.54) is 34.3 Å². The normalized spacial score (nSPS) is 11.8. The summed E-state index contributed by atoms with van der Waals surface area (Å²) < 4.78 is 34.7. The number of carbonyl (C=O) groups excluding carboxylic acids is 2. The van der Waals surface area contributed by atoms with Gasteiger partial charge >= 0.3 is 17.1 Å². The number of hydrogen-bond donors (Lipinski definition) is 1. The van der Waals surface area contributed by atoms with Gasteiger partial charge in [-0.05, 0) is 12.1 Å². The SMILES string of the molecule is COc1c(OC)c(OC(C)=O)c2c([S+]([O-])c3ncc[nH]3)cccc2c1OC(C)=O. The zero-order chi connectivity index (χ0) is 21.1. The molecule has 0 saturated heterocycles. The summed E-state index contributed by atoms with van der Waals surface area (Å²) in [6, 6.07) is 4.86. The number of H-pyrrole nitrogens is 1. The van der Waals surface area contributed by atoms with Crippen molar-refractivity contribution < 1.29 is 33.1 Å². The second kappa shape index (κ2) is 8.41. The molecule has 0 fully saturated rings. The number of benzene rings is 2. The van der Waals surface area contributed by atoms with Gasteiger partial charge in [-0.15, -0.1) is 0 Å². The van der Waals surface area contributed by atoms with Crippen LogP contribution < -0.4 is 18.9 Å². The molecule has 3 aromatic rings. The van der Waals surface area contributed by atoms with Crippen LogP contribution in [0.1, 0.15) is 13.8 Å². The summed E-state index contributed by atoms with van der Waals surface area (Å²) in [6.07, 6.45) is 3.01. The van der Waals surface area contributed by atoms with E-state index in [2.05, 4.69) is 9.97 Å². The van der Waals surface area contributed by atoms with Crippen molar-refractivity contribution in [3.8, 4) is 23.0 Å². The lowest BCUT2D eigenvalue weighted by molar-refractivity contribution is -0.133. The number of ether oxygens (including phenoxy) is 4. The zero-order valence-electron chi connectivity index (χ0n) is 16.1. The van der Waals surface area contributed by atoms with Gasteiger partial charge in [-0.1, -0.05) is 6.07 Å². The molecule has 0 aliphatic heterocycles. The van der Waals surface area contributed by atoms with Crippen molar-refractivity contribution in [1.29, 1.82) is 0 Å². The average molecular weight is 418 g/mol. The van der Waals surface area contributed by atoms with Crippen LogP contribution in [0.25, 0.3) is 10.8 Å². The molecule has 0 aliphatic carbocycles. The van der Waals surface area contributed by atoms with Crippen LogP contribution in [0.15, 0.2) is 40.6 Å². The Hall–Kier alpha value is -3.24. The number of methoxy groups -OCH3 is 2. The first-order chi connectivity index (χ1) is 13.9. The molecule has 29 heavy (non-hydrogen) atoms. The number of aromatic nitrogens is 2. The Morgan fingerprint density at radius 3 is 2.17 bits per heavy atom. The molecule has 2 aromatic carbocycles. The summed E-state index contributed by atoms with van der Waals surface area (Å²) in [5.41, 5.74) is 0. The lowest BCUT2D eigenvalue weighted by Crippen LogP contribution is -2.11. The fraction of sp³-hybridized carbons (Fsp3) is 0.211. The fourth-order valence-electron chi connectivity index (χ4n) is 2.86. The summed E-state index contributed by atoms with van der Waals surface area (Å²) in [4.78, 5) is 30.6. The van der Waals surface area contributed by atoms with Gasteiger partial charge in [-0.3, -0.25) is 9.59 Å². The highest BCUT2D eigenvalue weighted by atomic mass is 32.2. The van der Waals surface area contributed by atoms with Gasteiger partial charge in [0.2, 0.25) is 11.5 Å². The summed E-state index contributed by atoms with van der Waals surface area (Å²) in [5, 5.41) is 0.827. The zero-order valence-corrected chi connectivity index (χ0v) is 16.9. The fourth-order valence-corrected chi connectivity index (χ4v) is 3.99. The minimum atomic E-state index is -1.75. The van der Waals surface area contributed by atoms with Gasteiger partial charge in [-0.2, -0.15) is 4.98 Å². The van der Waals surface area contributed by atoms with Crippen molar-refractivity contribution in [2.45, 2.75) is 23.9 Å². The minimum absolute atomic E-state index is 0.00161. The maximum atomic E-state index is 13.1. The van der Waals surface area contributed by atoms with Gasteiger partial charge in [0.1, 0.15) is 0 Å². The quantitative estimate of drug-likeness (QED) is 0.368. The first kappa shape index (κ1) is 20.5. The first-order valence-corrected chi connectivity index (χ1v) is 9.52. The molecule has 0 saturated carbocycles. The molecule has 0 bridgehead atoms. The van der Waals surface area contributed by atoms with Crippen LogP contribution in [0.5, 0.6) is 23.0 Å². The molecule has 9 nitrogen and oxygen atoms in total. The van der Waals surface area contributed by atoms with Crippen molar-refractivity contribution in [3.05, 3.63) is 30.6 Å². The second-order valence-corrected chi connectivity index (χ2v) is 7.12. The van der Waals surface area contributed by atoms with E-state index in [9.17, 15) is 14.1 Å². The van der Waals surface area contributed by atoms with Crippen LogP contribution in [-0.2, 0) is 20.8 Å². The third kappa shape index (κ3) is 3.84. The molecular formula is C19H18N2O7S. The Kier molecular flexibility index (Phi) is 5.95. The molecule has 0 amide bonds. The van der Waals surface area contributed by atoms with Gasteiger partial charge in [0.05, 0.1) is 30.8 Å². The van der Waals surface area contributed by atoms with E-state index < -0.39 is 23.1 Å². The molecule has 0 spiro atoms. The van der Waals surface area contributed by atoms with E-state index in [4.69, 9.17) is 18.9 Å².